The Labute approximate surface area is 164 Å². The van der Waals surface area contributed by atoms with E-state index in [1.54, 1.807) is 0 Å². The molecule has 7 heteroatoms. The Kier molecular flexibility index (Phi) is 19.2. The van der Waals surface area contributed by atoms with Crippen LogP contribution in [0, 0.1) is 0 Å². The maximum absolute atomic E-state index is 11.0. The third kappa shape index (κ3) is 22.4. The van der Waals surface area contributed by atoms with Crippen LogP contribution in [0.3, 0.4) is 0 Å². The van der Waals surface area contributed by atoms with Gasteiger partial charge in [-0.2, -0.15) is 8.42 Å². The number of hydrogen-bond donors (Lipinski definition) is 1. The van der Waals surface area contributed by atoms with Crippen LogP contribution in [0.1, 0.15) is 84.0 Å². The molecule has 0 aliphatic carbocycles. The van der Waals surface area contributed by atoms with Crippen LogP contribution >= 0.6 is 0 Å². The van der Waals surface area contributed by atoms with Gasteiger partial charge in [-0.3, -0.25) is 9.35 Å². The zero-order chi connectivity index (χ0) is 16.7. The molecule has 5 nitrogen and oxygen atoms in total. The first-order chi connectivity index (χ1) is 10.5. The number of rotatable bonds is 15. The van der Waals surface area contributed by atoms with E-state index in [1.165, 1.54) is 57.8 Å². The van der Waals surface area contributed by atoms with E-state index in [4.69, 9.17) is 9.29 Å². The summed E-state index contributed by atoms with van der Waals surface area (Å²) >= 11 is 0. The Morgan fingerprint density at radius 3 is 1.61 bits per heavy atom. The second-order valence-electron chi connectivity index (χ2n) is 5.84. The molecular weight excluding hydrogens is 327 g/mol. The molecule has 0 aromatic carbocycles. The van der Waals surface area contributed by atoms with Crippen LogP contribution < -0.4 is 0 Å². The molecule has 0 heterocycles. The zero-order valence-electron chi connectivity index (χ0n) is 14.9. The number of carbonyl (C=O) groups excluding carboxylic acids is 1. The second-order valence-corrected chi connectivity index (χ2v) is 7.29. The summed E-state index contributed by atoms with van der Waals surface area (Å²) in [5.41, 5.74) is 0. The van der Waals surface area contributed by atoms with E-state index in [2.05, 4.69) is 6.92 Å². The van der Waals surface area contributed by atoms with Gasteiger partial charge in [0.25, 0.3) is 10.1 Å². The average molecular weight is 359 g/mol. The van der Waals surface area contributed by atoms with Gasteiger partial charge in [0.1, 0.15) is 0 Å². The van der Waals surface area contributed by atoms with Crippen LogP contribution in [-0.2, 0) is 19.6 Å². The molecule has 1 N–H and O–H groups in total. The Morgan fingerprint density at radius 2 is 1.22 bits per heavy atom. The molecule has 0 rings (SSSR count). The van der Waals surface area contributed by atoms with Gasteiger partial charge in [-0.25, -0.2) is 0 Å². The SMILES string of the molecule is CCCCCCCCCCCCCCOC(=O)CS(=O)(=O)O.[Na]. The molecule has 0 fully saturated rings. The summed E-state index contributed by atoms with van der Waals surface area (Å²) in [4.78, 5) is 11.0. The van der Waals surface area contributed by atoms with E-state index < -0.39 is 21.8 Å². The first-order valence-electron chi connectivity index (χ1n) is 8.56. The van der Waals surface area contributed by atoms with Gasteiger partial charge in [0.2, 0.25) is 0 Å². The van der Waals surface area contributed by atoms with Crippen molar-refractivity contribution in [3.8, 4) is 0 Å². The molecule has 0 aliphatic rings. The second kappa shape index (κ2) is 17.2. The van der Waals surface area contributed by atoms with Crippen molar-refractivity contribution in [3.05, 3.63) is 0 Å². The maximum atomic E-state index is 11.0. The van der Waals surface area contributed by atoms with E-state index >= 15 is 0 Å². The number of esters is 1. The zero-order valence-corrected chi connectivity index (χ0v) is 17.7. The molecule has 0 saturated heterocycles. The third-order valence-electron chi connectivity index (χ3n) is 3.56. The summed E-state index contributed by atoms with van der Waals surface area (Å²) in [6.07, 6.45) is 14.7. The fraction of sp³-hybridized carbons (Fsp3) is 0.938. The van der Waals surface area contributed by atoms with E-state index in [1.807, 2.05) is 0 Å². The molecule has 133 valence electrons. The molecule has 0 aromatic heterocycles. The van der Waals surface area contributed by atoms with Crippen LogP contribution in [0.4, 0.5) is 0 Å². The van der Waals surface area contributed by atoms with Gasteiger partial charge < -0.3 is 4.74 Å². The van der Waals surface area contributed by atoms with Crippen LogP contribution in [0.2, 0.25) is 0 Å². The monoisotopic (exact) mass is 359 g/mol. The number of hydrogen-bond acceptors (Lipinski definition) is 4. The van der Waals surface area contributed by atoms with E-state index in [0.717, 1.165) is 19.3 Å². The molecule has 1 radical (unpaired) electrons. The Balaban J connectivity index is 0. The van der Waals surface area contributed by atoms with Crippen molar-refractivity contribution in [1.82, 2.24) is 0 Å². The topological polar surface area (TPSA) is 80.7 Å². The van der Waals surface area contributed by atoms with Crippen molar-refractivity contribution in [1.29, 1.82) is 0 Å². The normalized spacial score (nSPS) is 11.0. The Morgan fingerprint density at radius 1 is 0.826 bits per heavy atom. The molecule has 0 bridgehead atoms. The molecular formula is C16H32NaO5S. The molecule has 0 aromatic rings. The van der Waals surface area contributed by atoms with Crippen molar-refractivity contribution in [2.24, 2.45) is 0 Å². The molecule has 0 unspecified atom stereocenters. The predicted molar refractivity (Wildman–Crippen MR) is 94.2 cm³/mol. The fourth-order valence-corrected chi connectivity index (χ4v) is 2.70. The summed E-state index contributed by atoms with van der Waals surface area (Å²) in [5, 5.41) is 0. The van der Waals surface area contributed by atoms with Crippen molar-refractivity contribution >= 4 is 45.6 Å². The van der Waals surface area contributed by atoms with Crippen LogP contribution in [0.15, 0.2) is 0 Å². The molecule has 23 heavy (non-hydrogen) atoms. The van der Waals surface area contributed by atoms with Crippen molar-refractivity contribution < 1.29 is 22.5 Å². The first kappa shape index (κ1) is 25.6. The minimum absolute atomic E-state index is 0. The summed E-state index contributed by atoms with van der Waals surface area (Å²) in [5.74, 6) is -1.84. The smallest absolute Gasteiger partial charge is 0.323 e. The third-order valence-corrected chi connectivity index (χ3v) is 4.16. The molecule has 0 spiro atoms. The molecule has 0 atom stereocenters. The summed E-state index contributed by atoms with van der Waals surface area (Å²) in [6, 6.07) is 0. The Hall–Kier alpha value is 0.380. The van der Waals surface area contributed by atoms with Gasteiger partial charge in [-0.1, -0.05) is 77.6 Å². The summed E-state index contributed by atoms with van der Waals surface area (Å²) in [7, 11) is -4.27. The molecule has 0 saturated carbocycles. The van der Waals surface area contributed by atoms with Crippen molar-refractivity contribution in [3.63, 3.8) is 0 Å². The van der Waals surface area contributed by atoms with Gasteiger partial charge in [-0.05, 0) is 6.42 Å². The van der Waals surface area contributed by atoms with Gasteiger partial charge in [0.05, 0.1) is 6.61 Å². The minimum atomic E-state index is -4.27. The van der Waals surface area contributed by atoms with Gasteiger partial charge in [0, 0.05) is 29.6 Å². The number of unbranched alkanes of at least 4 members (excludes halogenated alkanes) is 11. The molecule has 0 aliphatic heterocycles. The standard InChI is InChI=1S/C16H32O5S.Na/c1-2-3-4-5-6-7-8-9-10-11-12-13-14-21-16(17)15-22(18,19)20;/h2-15H2,1H3,(H,18,19,20);. The van der Waals surface area contributed by atoms with Gasteiger partial charge >= 0.3 is 5.97 Å². The van der Waals surface area contributed by atoms with Crippen molar-refractivity contribution in [2.45, 2.75) is 84.0 Å². The largest absolute Gasteiger partial charge is 0.465 e. The summed E-state index contributed by atoms with van der Waals surface area (Å²) < 4.78 is 34.1. The predicted octanol–water partition coefficient (Wildman–Crippen LogP) is 3.74. The van der Waals surface area contributed by atoms with Gasteiger partial charge in [0.15, 0.2) is 5.75 Å². The summed E-state index contributed by atoms with van der Waals surface area (Å²) in [6.45, 7) is 2.46. The van der Waals surface area contributed by atoms with Crippen LogP contribution in [0.25, 0.3) is 0 Å². The van der Waals surface area contributed by atoms with E-state index in [9.17, 15) is 13.2 Å². The fourth-order valence-electron chi connectivity index (χ4n) is 2.32. The molecule has 0 amide bonds. The van der Waals surface area contributed by atoms with E-state index in [-0.39, 0.29) is 36.2 Å². The van der Waals surface area contributed by atoms with E-state index in [0.29, 0.717) is 0 Å². The van der Waals surface area contributed by atoms with Gasteiger partial charge in [-0.15, -0.1) is 0 Å². The van der Waals surface area contributed by atoms with Crippen LogP contribution in [0.5, 0.6) is 0 Å². The number of ether oxygens (including phenoxy) is 1. The minimum Gasteiger partial charge on any atom is -0.465 e. The quantitative estimate of drug-likeness (QED) is 0.208. The Bertz CT molecular complexity index is 371. The number of carbonyl (C=O) groups is 1. The maximum Gasteiger partial charge on any atom is 0.323 e. The average Bonchev–Trinajstić information content (AvgIpc) is 2.42. The van der Waals surface area contributed by atoms with Crippen molar-refractivity contribution in [2.75, 3.05) is 12.4 Å². The van der Waals surface area contributed by atoms with Crippen LogP contribution in [-0.4, -0.2) is 60.9 Å². The first-order valence-corrected chi connectivity index (χ1v) is 10.2.